The third-order valence-electron chi connectivity index (χ3n) is 3.18. The summed E-state index contributed by atoms with van der Waals surface area (Å²) in [5.41, 5.74) is 1.40. The molecule has 0 amide bonds. The molecule has 19 heavy (non-hydrogen) atoms. The van der Waals surface area contributed by atoms with Gasteiger partial charge in [0.05, 0.1) is 6.10 Å². The minimum atomic E-state index is -0.231. The molecular weight excluding hydrogens is 260 g/mol. The number of benzene rings is 1. The Bertz CT molecular complexity index is 430. The second-order valence-electron chi connectivity index (χ2n) is 4.93. The smallest absolute Gasteiger partial charge is 0.302 e. The molecule has 1 aromatic rings. The van der Waals surface area contributed by atoms with E-state index in [1.807, 2.05) is 6.92 Å². The maximum Gasteiger partial charge on any atom is 0.302 e. The van der Waals surface area contributed by atoms with Crippen LogP contribution in [0.4, 0.5) is 0 Å². The fraction of sp³-hybridized carbons (Fsp3) is 0.533. The summed E-state index contributed by atoms with van der Waals surface area (Å²) in [4.78, 5) is 12.2. The zero-order chi connectivity index (χ0) is 13.8. The lowest BCUT2D eigenvalue weighted by Crippen LogP contribution is -2.38. The number of rotatable bonds is 3. The van der Waals surface area contributed by atoms with Crippen molar-refractivity contribution in [3.63, 3.8) is 0 Å². The monoisotopic (exact) mass is 280 g/mol. The Morgan fingerprint density at radius 1 is 1.32 bits per heavy atom. The molecule has 104 valence electrons. The summed E-state index contributed by atoms with van der Waals surface area (Å²) in [6, 6.07) is 8.45. The van der Waals surface area contributed by atoms with Crippen LogP contribution in [0, 0.1) is 6.92 Å². The summed E-state index contributed by atoms with van der Waals surface area (Å²) in [6.07, 6.45) is 1.62. The van der Waals surface area contributed by atoms with Gasteiger partial charge in [0.25, 0.3) is 0 Å². The van der Waals surface area contributed by atoms with Crippen molar-refractivity contribution >= 4 is 17.7 Å². The number of carbonyl (C=O) groups is 1. The molecule has 3 atom stereocenters. The van der Waals surface area contributed by atoms with Crippen molar-refractivity contribution in [1.29, 1.82) is 0 Å². The molecule has 1 aliphatic rings. The minimum absolute atomic E-state index is 0.0411. The van der Waals surface area contributed by atoms with E-state index in [0.29, 0.717) is 0 Å². The Hall–Kier alpha value is -1.00. The summed E-state index contributed by atoms with van der Waals surface area (Å²) in [6.45, 7) is 5.49. The number of aryl methyl sites for hydroxylation is 1. The van der Waals surface area contributed by atoms with Crippen LogP contribution in [0.25, 0.3) is 0 Å². The first kappa shape index (κ1) is 14.4. The van der Waals surface area contributed by atoms with Gasteiger partial charge < -0.3 is 9.47 Å². The van der Waals surface area contributed by atoms with E-state index >= 15 is 0 Å². The first-order chi connectivity index (χ1) is 9.04. The van der Waals surface area contributed by atoms with Gasteiger partial charge in [-0.3, -0.25) is 4.79 Å². The van der Waals surface area contributed by atoms with E-state index in [9.17, 15) is 4.79 Å². The van der Waals surface area contributed by atoms with Gasteiger partial charge in [-0.15, -0.1) is 0 Å². The van der Waals surface area contributed by atoms with Crippen molar-refractivity contribution < 1.29 is 14.3 Å². The van der Waals surface area contributed by atoms with Crippen molar-refractivity contribution in [2.45, 2.75) is 56.2 Å². The second kappa shape index (κ2) is 6.44. The fourth-order valence-electron chi connectivity index (χ4n) is 2.15. The van der Waals surface area contributed by atoms with E-state index in [-0.39, 0.29) is 23.6 Å². The topological polar surface area (TPSA) is 35.5 Å². The highest BCUT2D eigenvalue weighted by atomic mass is 32.2. The van der Waals surface area contributed by atoms with Crippen LogP contribution in [0.5, 0.6) is 0 Å². The van der Waals surface area contributed by atoms with Gasteiger partial charge in [0, 0.05) is 11.8 Å². The molecule has 1 fully saturated rings. The molecule has 0 N–H and O–H groups in total. The molecule has 1 unspecified atom stereocenters. The lowest BCUT2D eigenvalue weighted by atomic mass is 10.1. The summed E-state index contributed by atoms with van der Waals surface area (Å²) in [5, 5.41) is 0. The first-order valence-electron chi connectivity index (χ1n) is 6.60. The van der Waals surface area contributed by atoms with E-state index < -0.39 is 0 Å². The molecule has 1 heterocycles. The molecule has 1 aromatic carbocycles. The van der Waals surface area contributed by atoms with Crippen molar-refractivity contribution in [3.8, 4) is 0 Å². The van der Waals surface area contributed by atoms with Crippen LogP contribution in [0.3, 0.4) is 0 Å². The normalized spacial score (nSPS) is 27.0. The first-order valence-corrected chi connectivity index (χ1v) is 7.48. The van der Waals surface area contributed by atoms with E-state index in [1.54, 1.807) is 11.8 Å². The summed E-state index contributed by atoms with van der Waals surface area (Å²) >= 11 is 1.74. The molecule has 3 nitrogen and oxygen atoms in total. The van der Waals surface area contributed by atoms with Crippen molar-refractivity contribution in [3.05, 3.63) is 29.8 Å². The summed E-state index contributed by atoms with van der Waals surface area (Å²) in [5.74, 6) is -0.231. The van der Waals surface area contributed by atoms with Crippen LogP contribution in [-0.4, -0.2) is 23.6 Å². The third kappa shape index (κ3) is 4.25. The van der Waals surface area contributed by atoms with Crippen LogP contribution >= 0.6 is 11.8 Å². The zero-order valence-corrected chi connectivity index (χ0v) is 12.4. The van der Waals surface area contributed by atoms with Gasteiger partial charge in [-0.1, -0.05) is 29.5 Å². The van der Waals surface area contributed by atoms with Crippen LogP contribution in [0.1, 0.15) is 32.3 Å². The Balaban J connectivity index is 1.88. The number of carbonyl (C=O) groups excluding carboxylic acids is 1. The van der Waals surface area contributed by atoms with Gasteiger partial charge >= 0.3 is 5.97 Å². The highest BCUT2D eigenvalue weighted by Crippen LogP contribution is 2.33. The SMILES string of the molecule is CC(=O)O[C@@H]1CCC(Sc2ccc(C)cc2)O[C@H]1C. The van der Waals surface area contributed by atoms with Crippen molar-refractivity contribution in [1.82, 2.24) is 0 Å². The van der Waals surface area contributed by atoms with Gasteiger partial charge in [0.2, 0.25) is 0 Å². The molecule has 1 aliphatic heterocycles. The van der Waals surface area contributed by atoms with Crippen LogP contribution in [0.15, 0.2) is 29.2 Å². The van der Waals surface area contributed by atoms with Gasteiger partial charge in [-0.25, -0.2) is 0 Å². The number of thioether (sulfide) groups is 1. The van der Waals surface area contributed by atoms with Crippen LogP contribution < -0.4 is 0 Å². The van der Waals surface area contributed by atoms with E-state index in [2.05, 4.69) is 31.2 Å². The molecule has 4 heteroatoms. The molecule has 0 saturated carbocycles. The van der Waals surface area contributed by atoms with Gasteiger partial charge in [-0.05, 0) is 38.8 Å². The van der Waals surface area contributed by atoms with E-state index in [4.69, 9.17) is 9.47 Å². The fourth-order valence-corrected chi connectivity index (χ4v) is 3.23. The van der Waals surface area contributed by atoms with Crippen LogP contribution in [0.2, 0.25) is 0 Å². The Morgan fingerprint density at radius 2 is 2.00 bits per heavy atom. The number of esters is 1. The maximum absolute atomic E-state index is 11.0. The zero-order valence-electron chi connectivity index (χ0n) is 11.6. The molecule has 0 bridgehead atoms. The summed E-state index contributed by atoms with van der Waals surface area (Å²) in [7, 11) is 0. The lowest BCUT2D eigenvalue weighted by Gasteiger charge is -2.33. The number of hydrogen-bond acceptors (Lipinski definition) is 4. The third-order valence-corrected chi connectivity index (χ3v) is 4.34. The molecule has 0 spiro atoms. The Morgan fingerprint density at radius 3 is 2.58 bits per heavy atom. The van der Waals surface area contributed by atoms with Gasteiger partial charge in [-0.2, -0.15) is 0 Å². The highest BCUT2D eigenvalue weighted by Gasteiger charge is 2.30. The van der Waals surface area contributed by atoms with E-state index in [0.717, 1.165) is 12.8 Å². The molecule has 0 radical (unpaired) electrons. The largest absolute Gasteiger partial charge is 0.460 e. The number of hydrogen-bond donors (Lipinski definition) is 0. The quantitative estimate of drug-likeness (QED) is 0.793. The van der Waals surface area contributed by atoms with E-state index in [1.165, 1.54) is 17.4 Å². The summed E-state index contributed by atoms with van der Waals surface area (Å²) < 4.78 is 11.2. The Kier molecular flexibility index (Phi) is 4.88. The Labute approximate surface area is 118 Å². The standard InChI is InChI=1S/C15H20O3S/c1-10-4-6-13(7-5-10)19-15-9-8-14(11(2)17-15)18-12(3)16/h4-7,11,14-15H,8-9H2,1-3H3/t11-,14+,15?/m0/s1. The predicted octanol–water partition coefficient (Wildman–Crippen LogP) is 3.54. The van der Waals surface area contributed by atoms with Crippen LogP contribution in [-0.2, 0) is 14.3 Å². The lowest BCUT2D eigenvalue weighted by molar-refractivity contribution is -0.161. The van der Waals surface area contributed by atoms with Gasteiger partial charge in [0.15, 0.2) is 0 Å². The molecular formula is C15H20O3S. The maximum atomic E-state index is 11.0. The molecule has 0 aromatic heterocycles. The molecule has 2 rings (SSSR count). The average molecular weight is 280 g/mol. The second-order valence-corrected chi connectivity index (χ2v) is 6.16. The highest BCUT2D eigenvalue weighted by molar-refractivity contribution is 7.99. The van der Waals surface area contributed by atoms with Gasteiger partial charge in [0.1, 0.15) is 11.5 Å². The minimum Gasteiger partial charge on any atom is -0.460 e. The van der Waals surface area contributed by atoms with Crippen molar-refractivity contribution in [2.75, 3.05) is 0 Å². The molecule has 1 saturated heterocycles. The molecule has 0 aliphatic carbocycles. The van der Waals surface area contributed by atoms with Crippen molar-refractivity contribution in [2.24, 2.45) is 0 Å². The number of ether oxygens (including phenoxy) is 2. The average Bonchev–Trinajstić information content (AvgIpc) is 2.35. The predicted molar refractivity (Wildman–Crippen MR) is 76.2 cm³/mol.